The SMILES string of the molecule is NC(=O)C1C(=O)C[C@@H]2C[C@@H]3Cc4c(-c5ccc(CNCc6ccccc6)o5)ccc(O)c4C(=O)C3C(=O)[C@]2(O)C1=O. The van der Waals surface area contributed by atoms with E-state index in [1.165, 1.54) is 6.07 Å². The molecule has 0 bridgehead atoms. The first-order valence-corrected chi connectivity index (χ1v) is 13.5. The fraction of sp³-hybridized carbons (Fsp3) is 0.323. The molecule has 2 saturated carbocycles. The molecule has 1 amide bonds. The van der Waals surface area contributed by atoms with E-state index in [0.29, 0.717) is 35.7 Å². The van der Waals surface area contributed by atoms with Gasteiger partial charge in [-0.05, 0) is 54.2 Å². The zero-order chi connectivity index (χ0) is 29.1. The fourth-order valence-electron chi connectivity index (χ4n) is 6.74. The maximum atomic E-state index is 13.7. The molecule has 0 saturated heterocycles. The zero-order valence-corrected chi connectivity index (χ0v) is 22.0. The smallest absolute Gasteiger partial charge is 0.235 e. The molecule has 210 valence electrons. The van der Waals surface area contributed by atoms with Crippen molar-refractivity contribution in [1.82, 2.24) is 5.32 Å². The van der Waals surface area contributed by atoms with Crippen molar-refractivity contribution >= 4 is 29.0 Å². The summed E-state index contributed by atoms with van der Waals surface area (Å²) in [6.45, 7) is 1.11. The maximum absolute atomic E-state index is 13.7. The third-order valence-corrected chi connectivity index (χ3v) is 8.68. The lowest BCUT2D eigenvalue weighted by Crippen LogP contribution is -2.68. The van der Waals surface area contributed by atoms with Crippen molar-refractivity contribution in [1.29, 1.82) is 0 Å². The van der Waals surface area contributed by atoms with Crippen molar-refractivity contribution in [3.8, 4) is 17.1 Å². The Hall–Kier alpha value is -4.41. The lowest BCUT2D eigenvalue weighted by Gasteiger charge is -2.48. The van der Waals surface area contributed by atoms with Crippen LogP contribution >= 0.6 is 0 Å². The van der Waals surface area contributed by atoms with E-state index < -0.39 is 58.3 Å². The highest BCUT2D eigenvalue weighted by Gasteiger charge is 2.66. The number of fused-ring (bicyclic) bond motifs is 3. The molecule has 5 atom stereocenters. The Balaban J connectivity index is 1.30. The summed E-state index contributed by atoms with van der Waals surface area (Å²) in [5.41, 5.74) is 4.70. The second-order valence-electron chi connectivity index (χ2n) is 11.1. The molecular weight excluding hydrogens is 528 g/mol. The molecule has 2 unspecified atom stereocenters. The van der Waals surface area contributed by atoms with Gasteiger partial charge < -0.3 is 25.7 Å². The summed E-state index contributed by atoms with van der Waals surface area (Å²) in [6, 6.07) is 16.5. The first kappa shape index (κ1) is 26.8. The highest BCUT2D eigenvalue weighted by Crippen LogP contribution is 2.51. The Bertz CT molecular complexity index is 1610. The van der Waals surface area contributed by atoms with Crippen LogP contribution in [0.1, 0.15) is 40.1 Å². The number of benzene rings is 2. The first-order valence-electron chi connectivity index (χ1n) is 13.5. The molecule has 0 spiro atoms. The average Bonchev–Trinajstić information content (AvgIpc) is 3.40. The summed E-state index contributed by atoms with van der Waals surface area (Å²) in [6.07, 6.45) is -0.170. The Morgan fingerprint density at radius 3 is 2.46 bits per heavy atom. The highest BCUT2D eigenvalue weighted by atomic mass is 16.3. The van der Waals surface area contributed by atoms with E-state index in [9.17, 15) is 34.2 Å². The standard InChI is InChI=1S/C31H28N2O8/c32-30(39)26-22(35)12-17-10-16-11-20-19(23-9-6-18(41-23)14-33-13-15-4-2-1-3-5-15)7-8-21(34)25(20)27(36)24(16)28(37)31(17,40)29(26)38/h1-9,16-17,24,26,33-34,40H,10-14H2,(H2,32,39)/t16-,17+,24?,26?,31+/m1/s1. The molecule has 3 aliphatic rings. The number of nitrogens with two attached hydrogens (primary N) is 1. The van der Waals surface area contributed by atoms with Gasteiger partial charge in [-0.1, -0.05) is 30.3 Å². The van der Waals surface area contributed by atoms with Gasteiger partial charge in [0.15, 0.2) is 34.7 Å². The minimum absolute atomic E-state index is 0.0307. The van der Waals surface area contributed by atoms with Gasteiger partial charge in [-0.2, -0.15) is 0 Å². The van der Waals surface area contributed by atoms with Crippen LogP contribution in [0.5, 0.6) is 5.75 Å². The van der Waals surface area contributed by atoms with Gasteiger partial charge in [0, 0.05) is 24.4 Å². The average molecular weight is 557 g/mol. The van der Waals surface area contributed by atoms with Gasteiger partial charge in [0.2, 0.25) is 5.91 Å². The van der Waals surface area contributed by atoms with Crippen molar-refractivity contribution in [3.05, 3.63) is 77.0 Å². The number of primary amides is 1. The van der Waals surface area contributed by atoms with Gasteiger partial charge in [-0.25, -0.2) is 0 Å². The summed E-state index contributed by atoms with van der Waals surface area (Å²) in [7, 11) is 0. The highest BCUT2D eigenvalue weighted by molar-refractivity contribution is 6.31. The minimum atomic E-state index is -2.67. The normalized spacial score (nSPS) is 27.2. The second kappa shape index (κ2) is 9.90. The van der Waals surface area contributed by atoms with E-state index in [1.54, 1.807) is 12.1 Å². The lowest BCUT2D eigenvalue weighted by atomic mass is 9.53. The number of hydrogen-bond acceptors (Lipinski definition) is 9. The quantitative estimate of drug-likeness (QED) is 0.330. The van der Waals surface area contributed by atoms with Crippen LogP contribution in [-0.4, -0.2) is 44.9 Å². The monoisotopic (exact) mass is 556 g/mol. The number of carbonyl (C=O) groups is 5. The van der Waals surface area contributed by atoms with Crippen LogP contribution < -0.4 is 11.1 Å². The molecule has 10 heteroatoms. The minimum Gasteiger partial charge on any atom is -0.507 e. The first-order chi connectivity index (χ1) is 19.6. The number of Topliss-reactive ketones (excluding diaryl/α,β-unsaturated/α-hetero) is 4. The van der Waals surface area contributed by atoms with Crippen LogP contribution in [0, 0.1) is 23.7 Å². The van der Waals surface area contributed by atoms with Crippen molar-refractivity contribution < 1.29 is 38.6 Å². The molecule has 2 aromatic carbocycles. The molecule has 1 aromatic heterocycles. The molecule has 41 heavy (non-hydrogen) atoms. The van der Waals surface area contributed by atoms with Crippen LogP contribution in [0.3, 0.4) is 0 Å². The van der Waals surface area contributed by atoms with Crippen LogP contribution in [0.4, 0.5) is 0 Å². The lowest BCUT2D eigenvalue weighted by molar-refractivity contribution is -0.175. The van der Waals surface area contributed by atoms with Gasteiger partial charge in [-0.15, -0.1) is 0 Å². The largest absolute Gasteiger partial charge is 0.507 e. The molecule has 2 fully saturated rings. The number of amides is 1. The summed E-state index contributed by atoms with van der Waals surface area (Å²) in [5.74, 6) is -9.24. The number of aromatic hydroxyl groups is 1. The van der Waals surface area contributed by atoms with Gasteiger partial charge in [0.1, 0.15) is 17.3 Å². The number of furan rings is 1. The van der Waals surface area contributed by atoms with Crippen molar-refractivity contribution in [2.24, 2.45) is 29.4 Å². The molecule has 1 heterocycles. The van der Waals surface area contributed by atoms with E-state index >= 15 is 0 Å². The molecule has 5 N–H and O–H groups in total. The van der Waals surface area contributed by atoms with Crippen molar-refractivity contribution in [2.75, 3.05) is 0 Å². The number of nitrogens with one attached hydrogen (secondary N) is 1. The molecule has 6 rings (SSSR count). The van der Waals surface area contributed by atoms with E-state index in [0.717, 1.165) is 5.56 Å². The van der Waals surface area contributed by atoms with E-state index in [-0.39, 0.29) is 30.6 Å². The van der Waals surface area contributed by atoms with Crippen LogP contribution in [-0.2, 0) is 38.7 Å². The van der Waals surface area contributed by atoms with Crippen LogP contribution in [0.2, 0.25) is 0 Å². The predicted molar refractivity (Wildman–Crippen MR) is 143 cm³/mol. The summed E-state index contributed by atoms with van der Waals surface area (Å²) < 4.78 is 6.07. The fourth-order valence-corrected chi connectivity index (χ4v) is 6.74. The van der Waals surface area contributed by atoms with Crippen molar-refractivity contribution in [2.45, 2.75) is 38.0 Å². The summed E-state index contributed by atoms with van der Waals surface area (Å²) >= 11 is 0. The number of hydrogen-bond donors (Lipinski definition) is 4. The van der Waals surface area contributed by atoms with Gasteiger partial charge >= 0.3 is 0 Å². The Morgan fingerprint density at radius 1 is 0.976 bits per heavy atom. The summed E-state index contributed by atoms with van der Waals surface area (Å²) in [5, 5.41) is 25.3. The number of carbonyl (C=O) groups excluding carboxylic acids is 5. The number of aliphatic hydroxyl groups is 1. The Kier molecular flexibility index (Phi) is 6.47. The molecule has 3 aromatic rings. The molecule has 3 aliphatic carbocycles. The summed E-state index contributed by atoms with van der Waals surface area (Å²) in [4.78, 5) is 64.8. The van der Waals surface area contributed by atoms with E-state index in [2.05, 4.69) is 5.32 Å². The molecule has 0 aliphatic heterocycles. The van der Waals surface area contributed by atoms with Crippen molar-refractivity contribution in [3.63, 3.8) is 0 Å². The Labute approximate surface area is 234 Å². The second-order valence-corrected chi connectivity index (χ2v) is 11.1. The molecular formula is C31H28N2O8. The third kappa shape index (κ3) is 4.22. The maximum Gasteiger partial charge on any atom is 0.235 e. The zero-order valence-electron chi connectivity index (χ0n) is 22.0. The number of phenols is 1. The van der Waals surface area contributed by atoms with Gasteiger partial charge in [0.05, 0.1) is 18.0 Å². The van der Waals surface area contributed by atoms with Crippen LogP contribution in [0.15, 0.2) is 59.0 Å². The number of phenolic OH excluding ortho intramolecular Hbond substituents is 1. The molecule has 0 radical (unpaired) electrons. The van der Waals surface area contributed by atoms with Crippen LogP contribution in [0.25, 0.3) is 11.3 Å². The van der Waals surface area contributed by atoms with E-state index in [1.807, 2.05) is 36.4 Å². The topological polar surface area (TPSA) is 177 Å². The third-order valence-electron chi connectivity index (χ3n) is 8.68. The predicted octanol–water partition coefficient (Wildman–Crippen LogP) is 1.88. The Morgan fingerprint density at radius 2 is 1.73 bits per heavy atom. The van der Waals surface area contributed by atoms with E-state index in [4.69, 9.17) is 10.2 Å². The molecule has 10 nitrogen and oxygen atoms in total. The number of rotatable bonds is 6. The van der Waals surface area contributed by atoms with Gasteiger partial charge in [0.25, 0.3) is 0 Å². The number of ketones is 4. The van der Waals surface area contributed by atoms with Gasteiger partial charge in [-0.3, -0.25) is 24.0 Å².